The Hall–Kier alpha value is -0.386. The molecule has 0 saturated heterocycles. The molecule has 0 aliphatic carbocycles. The van der Waals surface area contributed by atoms with Crippen molar-refractivity contribution in [1.82, 2.24) is 0 Å². The van der Waals surface area contributed by atoms with Crippen molar-refractivity contribution < 1.29 is 4.12 Å². The summed E-state index contributed by atoms with van der Waals surface area (Å²) in [5.74, 6) is 0. The summed E-state index contributed by atoms with van der Waals surface area (Å²) in [4.78, 5) is 0. The van der Waals surface area contributed by atoms with Crippen molar-refractivity contribution in [3.05, 3.63) is 29.8 Å². The fourth-order valence-corrected chi connectivity index (χ4v) is 1.98. The van der Waals surface area contributed by atoms with Gasteiger partial charge in [0.15, 0.2) is 0 Å². The van der Waals surface area contributed by atoms with Gasteiger partial charge in [-0.25, -0.2) is 0 Å². The molecule has 0 aliphatic rings. The van der Waals surface area contributed by atoms with Gasteiger partial charge >= 0.3 is 0 Å². The highest BCUT2D eigenvalue weighted by Gasteiger charge is 1.99. The average Bonchev–Trinajstić information content (AvgIpc) is 2.06. The van der Waals surface area contributed by atoms with Gasteiger partial charge < -0.3 is 4.12 Å². The van der Waals surface area contributed by atoms with Crippen LogP contribution in [-0.4, -0.2) is 20.2 Å². The maximum absolute atomic E-state index is 4.90. The van der Waals surface area contributed by atoms with Crippen molar-refractivity contribution in [2.45, 2.75) is 13.3 Å². The summed E-state index contributed by atoms with van der Waals surface area (Å²) in [5, 5.41) is 1.28. The lowest BCUT2D eigenvalue weighted by Crippen LogP contribution is -2.20. The van der Waals surface area contributed by atoms with Gasteiger partial charge in [-0.3, -0.25) is 0 Å². The minimum atomic E-state index is 0.406. The molecule has 0 bridgehead atoms. The lowest BCUT2D eigenvalue weighted by Gasteiger charge is -2.03. The third kappa shape index (κ3) is 2.29. The Kier molecular flexibility index (Phi) is 3.55. The van der Waals surface area contributed by atoms with Crippen LogP contribution in [0.5, 0.6) is 0 Å². The van der Waals surface area contributed by atoms with Gasteiger partial charge in [-0.05, 0) is 17.2 Å². The summed E-state index contributed by atoms with van der Waals surface area (Å²) in [6, 6.07) is 8.32. The molecule has 0 spiro atoms. The molecule has 0 atom stereocenters. The minimum Gasteiger partial charge on any atom is -0.454 e. The van der Waals surface area contributed by atoms with E-state index in [1.54, 1.807) is 0 Å². The molecule has 1 rings (SSSR count). The molecule has 1 aromatic rings. The van der Waals surface area contributed by atoms with Crippen molar-refractivity contribution >= 4 is 25.4 Å². The highest BCUT2D eigenvalue weighted by atomic mass is 28.3. The SMILES string of the molecule is CCc1ccccc1[Si]O[Si]. The third-order valence-electron chi connectivity index (χ3n) is 1.56. The lowest BCUT2D eigenvalue weighted by atomic mass is 10.2. The number of hydrogen-bond donors (Lipinski definition) is 0. The summed E-state index contributed by atoms with van der Waals surface area (Å²) in [5.41, 5.74) is 1.36. The number of rotatable bonds is 3. The normalized spacial score (nSPS) is 10.0. The van der Waals surface area contributed by atoms with Gasteiger partial charge in [0.25, 0.3) is 9.76 Å². The first-order valence-electron chi connectivity index (χ1n) is 3.55. The van der Waals surface area contributed by atoms with Crippen LogP contribution in [0.1, 0.15) is 12.5 Å². The Balaban J connectivity index is 2.83. The monoisotopic (exact) mass is 177 g/mol. The molecule has 11 heavy (non-hydrogen) atoms. The maximum atomic E-state index is 4.90. The van der Waals surface area contributed by atoms with E-state index in [4.69, 9.17) is 4.12 Å². The van der Waals surface area contributed by atoms with Crippen molar-refractivity contribution in [3.63, 3.8) is 0 Å². The van der Waals surface area contributed by atoms with Crippen molar-refractivity contribution in [2.24, 2.45) is 0 Å². The smallest absolute Gasteiger partial charge is 0.256 e. The van der Waals surface area contributed by atoms with E-state index in [1.165, 1.54) is 10.8 Å². The van der Waals surface area contributed by atoms with Crippen molar-refractivity contribution in [1.29, 1.82) is 0 Å². The Morgan fingerprint density at radius 2 is 2.18 bits per heavy atom. The largest absolute Gasteiger partial charge is 0.454 e. The van der Waals surface area contributed by atoms with Crippen LogP contribution in [0.3, 0.4) is 0 Å². The van der Waals surface area contributed by atoms with E-state index in [1.807, 2.05) is 6.07 Å². The van der Waals surface area contributed by atoms with E-state index >= 15 is 0 Å². The molecule has 0 aliphatic heterocycles. The van der Waals surface area contributed by atoms with Crippen molar-refractivity contribution in [3.8, 4) is 0 Å². The summed E-state index contributed by atoms with van der Waals surface area (Å²) in [7, 11) is 3.41. The first-order chi connectivity index (χ1) is 5.38. The van der Waals surface area contributed by atoms with E-state index in [0.717, 1.165) is 6.42 Å². The van der Waals surface area contributed by atoms with E-state index < -0.39 is 0 Å². The maximum Gasteiger partial charge on any atom is 0.256 e. The van der Waals surface area contributed by atoms with Gasteiger partial charge in [0.05, 0.1) is 0 Å². The van der Waals surface area contributed by atoms with E-state index in [0.29, 0.717) is 9.76 Å². The minimum absolute atomic E-state index is 0.406. The zero-order valence-corrected chi connectivity index (χ0v) is 8.42. The fraction of sp³-hybridized carbons (Fsp3) is 0.250. The summed E-state index contributed by atoms with van der Waals surface area (Å²) in [6.45, 7) is 2.15. The third-order valence-corrected chi connectivity index (χ3v) is 2.68. The second kappa shape index (κ2) is 4.48. The van der Waals surface area contributed by atoms with Crippen LogP contribution in [0, 0.1) is 0 Å². The Labute approximate surface area is 73.3 Å². The predicted molar refractivity (Wildman–Crippen MR) is 48.0 cm³/mol. The number of hydrogen-bond acceptors (Lipinski definition) is 1. The average molecular weight is 177 g/mol. The number of benzene rings is 1. The van der Waals surface area contributed by atoms with Crippen LogP contribution in [0.2, 0.25) is 0 Å². The lowest BCUT2D eigenvalue weighted by molar-refractivity contribution is 0.676. The zero-order chi connectivity index (χ0) is 8.10. The molecule has 0 fully saturated rings. The topological polar surface area (TPSA) is 9.23 Å². The number of aryl methyl sites for hydroxylation is 1. The predicted octanol–water partition coefficient (Wildman–Crippen LogP) is 0.594. The van der Waals surface area contributed by atoms with Crippen LogP contribution in [-0.2, 0) is 10.5 Å². The van der Waals surface area contributed by atoms with Gasteiger partial charge in [-0.1, -0.05) is 31.2 Å². The van der Waals surface area contributed by atoms with Gasteiger partial charge in [0.1, 0.15) is 0 Å². The molecule has 0 unspecified atom stereocenters. The van der Waals surface area contributed by atoms with Crippen LogP contribution < -0.4 is 5.19 Å². The molecule has 0 N–H and O–H groups in total. The van der Waals surface area contributed by atoms with E-state index in [2.05, 4.69) is 35.6 Å². The Morgan fingerprint density at radius 3 is 2.82 bits per heavy atom. The Bertz CT molecular complexity index is 225. The standard InChI is InChI=1S/C8H9OSi2/c1-2-7-5-3-4-6-8(7)11-9-10/h3-6H,2H2,1H3. The van der Waals surface area contributed by atoms with Gasteiger partial charge in [-0.2, -0.15) is 0 Å². The molecule has 0 amide bonds. The quantitative estimate of drug-likeness (QED) is 0.614. The molecule has 1 nitrogen and oxygen atoms in total. The molecular weight excluding hydrogens is 168 g/mol. The molecular formula is C8H9OSi2. The van der Waals surface area contributed by atoms with Gasteiger partial charge in [-0.15, -0.1) is 0 Å². The van der Waals surface area contributed by atoms with Crippen LogP contribution in [0.15, 0.2) is 24.3 Å². The molecule has 3 heteroatoms. The second-order valence-electron chi connectivity index (χ2n) is 2.21. The molecule has 0 heterocycles. The summed E-state index contributed by atoms with van der Waals surface area (Å²) in [6.07, 6.45) is 1.07. The molecule has 0 aromatic heterocycles. The van der Waals surface area contributed by atoms with Crippen LogP contribution in [0.4, 0.5) is 0 Å². The van der Waals surface area contributed by atoms with Gasteiger partial charge in [0.2, 0.25) is 10.5 Å². The van der Waals surface area contributed by atoms with E-state index in [9.17, 15) is 0 Å². The molecule has 1 aromatic carbocycles. The van der Waals surface area contributed by atoms with Gasteiger partial charge in [0, 0.05) is 0 Å². The second-order valence-corrected chi connectivity index (χ2v) is 3.77. The van der Waals surface area contributed by atoms with Crippen LogP contribution >= 0.6 is 0 Å². The van der Waals surface area contributed by atoms with Crippen molar-refractivity contribution in [2.75, 3.05) is 0 Å². The molecule has 5 radical (unpaired) electrons. The zero-order valence-electron chi connectivity index (χ0n) is 6.42. The first-order valence-corrected chi connectivity index (χ1v) is 4.86. The molecule has 55 valence electrons. The summed E-state index contributed by atoms with van der Waals surface area (Å²) >= 11 is 0. The first kappa shape index (κ1) is 8.71. The Morgan fingerprint density at radius 1 is 1.45 bits per heavy atom. The molecule has 0 saturated carbocycles. The highest BCUT2D eigenvalue weighted by Crippen LogP contribution is 1.95. The summed E-state index contributed by atoms with van der Waals surface area (Å²) < 4.78 is 4.90. The highest BCUT2D eigenvalue weighted by molar-refractivity contribution is 6.51. The van der Waals surface area contributed by atoms with E-state index in [-0.39, 0.29) is 0 Å². The van der Waals surface area contributed by atoms with Crippen LogP contribution in [0.25, 0.3) is 0 Å². The fourth-order valence-electron chi connectivity index (χ4n) is 0.983.